The van der Waals surface area contributed by atoms with Crippen LogP contribution in [-0.4, -0.2) is 17.9 Å². The summed E-state index contributed by atoms with van der Waals surface area (Å²) >= 11 is 0. The van der Waals surface area contributed by atoms with Crippen LogP contribution in [0.25, 0.3) is 33.1 Å². The van der Waals surface area contributed by atoms with E-state index in [1.165, 1.54) is 12.1 Å². The van der Waals surface area contributed by atoms with Gasteiger partial charge in [0.05, 0.1) is 30.3 Å². The van der Waals surface area contributed by atoms with E-state index >= 15 is 0 Å². The number of hydrogen-bond donors (Lipinski definition) is 1. The molecule has 0 unspecified atom stereocenters. The summed E-state index contributed by atoms with van der Waals surface area (Å²) in [6, 6.07) is 15.4. The molecular weight excluding hydrogens is 489 g/mol. The molecule has 0 bridgehead atoms. The smallest absolute Gasteiger partial charge is 0.340 e. The Morgan fingerprint density at radius 3 is 2.37 bits per heavy atom. The molecule has 0 aliphatic rings. The third-order valence-electron chi connectivity index (χ3n) is 6.74. The van der Waals surface area contributed by atoms with Crippen molar-refractivity contribution < 1.29 is 27.9 Å². The van der Waals surface area contributed by atoms with E-state index in [1.54, 1.807) is 62.6 Å². The third-order valence-corrected chi connectivity index (χ3v) is 6.74. The van der Waals surface area contributed by atoms with Gasteiger partial charge in [0.2, 0.25) is 5.91 Å². The fourth-order valence-electron chi connectivity index (χ4n) is 4.70. The van der Waals surface area contributed by atoms with E-state index in [9.17, 15) is 23.9 Å². The maximum Gasteiger partial charge on any atom is 0.340 e. The molecule has 2 heterocycles. The molecule has 3 aromatic carbocycles. The van der Waals surface area contributed by atoms with E-state index in [-0.39, 0.29) is 24.2 Å². The predicted octanol–water partition coefficient (Wildman–Crippen LogP) is 3.98. The summed E-state index contributed by atoms with van der Waals surface area (Å²) in [4.78, 5) is 37.4. The van der Waals surface area contributed by atoms with Crippen molar-refractivity contribution in [3.8, 4) is 11.1 Å². The van der Waals surface area contributed by atoms with Crippen LogP contribution >= 0.6 is 0 Å². The fourth-order valence-corrected chi connectivity index (χ4v) is 4.70. The van der Waals surface area contributed by atoms with Gasteiger partial charge < -0.3 is 24.1 Å². The largest absolute Gasteiger partial charge is 0.548 e. The summed E-state index contributed by atoms with van der Waals surface area (Å²) in [6.45, 7) is 3.48. The Bertz CT molecular complexity index is 1740. The lowest BCUT2D eigenvalue weighted by molar-refractivity contribution is -0.308. The number of benzene rings is 3. The standard InChI is InChI=1S/C30H24FNO6/c1-16-21-13-23-24(19-8-10-20(31)11-9-19)15-37-27(23)17(2)28(21)38-30(36)22(16)14-26(33)32-25(29(34)35)12-18-6-4-3-5-7-18/h3-11,13,15,25H,12,14H2,1-2H3,(H,32,33)(H,34,35)/p-1/t25-/m0/s1. The molecule has 0 saturated heterocycles. The number of carbonyl (C=O) groups is 2. The number of carboxylic acid groups (broad SMARTS) is 1. The Balaban J connectivity index is 1.50. The van der Waals surface area contributed by atoms with Gasteiger partial charge in [0.25, 0.3) is 0 Å². The van der Waals surface area contributed by atoms with Gasteiger partial charge in [-0.1, -0.05) is 42.5 Å². The number of hydrogen-bond acceptors (Lipinski definition) is 6. The molecule has 192 valence electrons. The highest BCUT2D eigenvalue weighted by atomic mass is 19.1. The SMILES string of the molecule is Cc1c(CC(=O)N[C@@H](Cc2ccccc2)C(=O)[O-])c(=O)oc2c(C)c3occ(-c4ccc(F)cc4)c3cc12. The molecule has 38 heavy (non-hydrogen) atoms. The minimum absolute atomic E-state index is 0.0457. The van der Waals surface area contributed by atoms with Crippen LogP contribution in [0.2, 0.25) is 0 Å². The van der Waals surface area contributed by atoms with Gasteiger partial charge in [-0.15, -0.1) is 0 Å². The number of aryl methyl sites for hydroxylation is 2. The zero-order valence-corrected chi connectivity index (χ0v) is 20.7. The molecular formula is C30H23FNO6-. The highest BCUT2D eigenvalue weighted by molar-refractivity contribution is 6.05. The normalized spacial score (nSPS) is 12.1. The molecule has 0 aliphatic carbocycles. The molecule has 0 saturated carbocycles. The lowest BCUT2D eigenvalue weighted by atomic mass is 9.97. The quantitative estimate of drug-likeness (QED) is 0.330. The Morgan fingerprint density at radius 1 is 0.974 bits per heavy atom. The second-order valence-corrected chi connectivity index (χ2v) is 9.21. The molecule has 1 atom stereocenters. The van der Waals surface area contributed by atoms with Crippen LogP contribution in [0.15, 0.2) is 80.6 Å². The Morgan fingerprint density at radius 2 is 1.68 bits per heavy atom. The van der Waals surface area contributed by atoms with Gasteiger partial charge >= 0.3 is 5.63 Å². The molecule has 0 radical (unpaired) electrons. The molecule has 5 aromatic rings. The van der Waals surface area contributed by atoms with Crippen molar-refractivity contribution in [1.29, 1.82) is 0 Å². The maximum absolute atomic E-state index is 13.5. The molecule has 8 heteroatoms. The molecule has 0 aliphatic heterocycles. The zero-order chi connectivity index (χ0) is 27.0. The van der Waals surface area contributed by atoms with Crippen molar-refractivity contribution in [1.82, 2.24) is 5.32 Å². The van der Waals surface area contributed by atoms with E-state index < -0.39 is 23.5 Å². The summed E-state index contributed by atoms with van der Waals surface area (Å²) in [6.07, 6.45) is 1.25. The average Bonchev–Trinajstić information content (AvgIpc) is 3.32. The van der Waals surface area contributed by atoms with Gasteiger partial charge in [0.15, 0.2) is 0 Å². The van der Waals surface area contributed by atoms with Crippen LogP contribution in [0.1, 0.15) is 22.3 Å². The average molecular weight is 513 g/mol. The summed E-state index contributed by atoms with van der Waals surface area (Å²) in [5, 5.41) is 15.5. The molecule has 0 fully saturated rings. The van der Waals surface area contributed by atoms with Gasteiger partial charge in [0.1, 0.15) is 17.0 Å². The van der Waals surface area contributed by atoms with Crippen molar-refractivity contribution in [3.63, 3.8) is 0 Å². The zero-order valence-electron chi connectivity index (χ0n) is 20.7. The van der Waals surface area contributed by atoms with Crippen molar-refractivity contribution in [2.24, 2.45) is 0 Å². The first-order valence-corrected chi connectivity index (χ1v) is 12.0. The van der Waals surface area contributed by atoms with E-state index in [0.29, 0.717) is 27.7 Å². The number of furan rings is 1. The van der Waals surface area contributed by atoms with Gasteiger partial charge in [0, 0.05) is 21.9 Å². The first-order valence-electron chi connectivity index (χ1n) is 12.0. The lowest BCUT2D eigenvalue weighted by Crippen LogP contribution is -2.49. The molecule has 0 spiro atoms. The minimum atomic E-state index is -1.42. The van der Waals surface area contributed by atoms with Crippen molar-refractivity contribution in [3.05, 3.63) is 105 Å². The Kier molecular flexibility index (Phi) is 6.55. The first-order chi connectivity index (χ1) is 18.2. The van der Waals surface area contributed by atoms with E-state index in [4.69, 9.17) is 8.83 Å². The fraction of sp³-hybridized carbons (Fsp3) is 0.167. The van der Waals surface area contributed by atoms with Gasteiger partial charge in [-0.25, -0.2) is 9.18 Å². The number of nitrogens with one attached hydrogen (secondary N) is 1. The highest BCUT2D eigenvalue weighted by Gasteiger charge is 2.22. The van der Waals surface area contributed by atoms with E-state index in [1.807, 2.05) is 6.07 Å². The number of fused-ring (bicyclic) bond motifs is 2. The van der Waals surface area contributed by atoms with Crippen LogP contribution in [-0.2, 0) is 22.4 Å². The summed E-state index contributed by atoms with van der Waals surface area (Å²) in [5.41, 5.74) is 3.67. The molecule has 5 rings (SSSR count). The number of rotatable bonds is 7. The number of carboxylic acids is 1. The minimum Gasteiger partial charge on any atom is -0.548 e. The van der Waals surface area contributed by atoms with Crippen LogP contribution in [0.5, 0.6) is 0 Å². The monoisotopic (exact) mass is 512 g/mol. The molecule has 1 amide bonds. The number of carbonyl (C=O) groups excluding carboxylic acids is 2. The van der Waals surface area contributed by atoms with Crippen LogP contribution in [0.3, 0.4) is 0 Å². The Hall–Kier alpha value is -4.72. The molecule has 2 aromatic heterocycles. The highest BCUT2D eigenvalue weighted by Crippen LogP contribution is 2.37. The van der Waals surface area contributed by atoms with Gasteiger partial charge in [-0.05, 0) is 55.2 Å². The van der Waals surface area contributed by atoms with Crippen molar-refractivity contribution in [2.45, 2.75) is 32.7 Å². The van der Waals surface area contributed by atoms with Crippen LogP contribution in [0, 0.1) is 19.7 Å². The maximum atomic E-state index is 13.5. The topological polar surface area (TPSA) is 113 Å². The first kappa shape index (κ1) is 25.0. The number of halogens is 1. The summed E-state index contributed by atoms with van der Waals surface area (Å²) in [7, 11) is 0. The number of amides is 1. The second kappa shape index (κ2) is 9.97. The second-order valence-electron chi connectivity index (χ2n) is 9.21. The number of aliphatic carboxylic acids is 1. The lowest BCUT2D eigenvalue weighted by Gasteiger charge is -2.20. The van der Waals surface area contributed by atoms with E-state index in [2.05, 4.69) is 5.32 Å². The van der Waals surface area contributed by atoms with E-state index in [0.717, 1.165) is 22.1 Å². The van der Waals surface area contributed by atoms with Gasteiger partial charge in [-0.2, -0.15) is 0 Å². The summed E-state index contributed by atoms with van der Waals surface area (Å²) < 4.78 is 24.9. The van der Waals surface area contributed by atoms with Crippen molar-refractivity contribution >= 4 is 33.8 Å². The van der Waals surface area contributed by atoms with Crippen molar-refractivity contribution in [2.75, 3.05) is 0 Å². The van der Waals surface area contributed by atoms with Gasteiger partial charge in [-0.3, -0.25) is 4.79 Å². The predicted molar refractivity (Wildman–Crippen MR) is 138 cm³/mol. The van der Waals surface area contributed by atoms with Crippen LogP contribution < -0.4 is 16.0 Å². The Labute approximate surface area is 216 Å². The molecule has 7 nitrogen and oxygen atoms in total. The molecule has 1 N–H and O–H groups in total. The summed E-state index contributed by atoms with van der Waals surface area (Å²) in [5.74, 6) is -2.41. The van der Waals surface area contributed by atoms with Crippen LogP contribution in [0.4, 0.5) is 4.39 Å². The third kappa shape index (κ3) is 4.68.